The molecular formula is C21H19BrN2O4S. The average Bonchev–Trinajstić information content (AvgIpc) is 2.76. The van der Waals surface area contributed by atoms with Crippen molar-refractivity contribution in [3.05, 3.63) is 56.9 Å². The van der Waals surface area contributed by atoms with E-state index in [1.54, 1.807) is 25.9 Å². The van der Waals surface area contributed by atoms with E-state index in [4.69, 9.17) is 14.2 Å². The van der Waals surface area contributed by atoms with Crippen molar-refractivity contribution in [2.75, 3.05) is 21.3 Å². The quantitative estimate of drug-likeness (QED) is 0.510. The Morgan fingerprint density at radius 3 is 2.38 bits per heavy atom. The van der Waals surface area contributed by atoms with Gasteiger partial charge in [0.15, 0.2) is 11.5 Å². The third-order valence-electron chi connectivity index (χ3n) is 4.84. The molecule has 0 saturated carbocycles. The molecule has 150 valence electrons. The predicted octanol–water partition coefficient (Wildman–Crippen LogP) is 4.41. The zero-order chi connectivity index (χ0) is 20.5. The van der Waals surface area contributed by atoms with Gasteiger partial charge in [0.2, 0.25) is 0 Å². The maximum Gasteiger partial charge on any atom is 0.349 e. The molecule has 4 rings (SSSR count). The van der Waals surface area contributed by atoms with E-state index >= 15 is 0 Å². The van der Waals surface area contributed by atoms with Crippen LogP contribution in [0, 0.1) is 0 Å². The molecule has 2 aromatic carbocycles. The molecule has 0 spiro atoms. The lowest BCUT2D eigenvalue weighted by Gasteiger charge is -2.24. The van der Waals surface area contributed by atoms with Crippen LogP contribution in [0.15, 0.2) is 55.6 Å². The summed E-state index contributed by atoms with van der Waals surface area (Å²) in [5.74, 6) is 2.09. The van der Waals surface area contributed by atoms with Crippen molar-refractivity contribution in [2.45, 2.75) is 22.9 Å². The standard InChI is InChI=1S/C21H19BrN2O4S/c1-26-13-4-6-14(7-5-13)29-20-18(22)19-15-11-17(28-3)16(27-2)10-12(15)8-9-24(19)21(25)23-20/h4-7,10-11H,8-9H2,1-3H3. The SMILES string of the molecule is COc1ccc(Sc2nc(=O)n3c(c2Br)-c2cc(OC)c(OC)cc2CC3)cc1. The first-order chi connectivity index (χ1) is 14.0. The van der Waals surface area contributed by atoms with E-state index in [2.05, 4.69) is 20.9 Å². The summed E-state index contributed by atoms with van der Waals surface area (Å²) in [6, 6.07) is 11.5. The van der Waals surface area contributed by atoms with E-state index in [-0.39, 0.29) is 5.69 Å². The van der Waals surface area contributed by atoms with Crippen LogP contribution in [-0.4, -0.2) is 30.9 Å². The number of aryl methyl sites for hydroxylation is 1. The number of hydrogen-bond donors (Lipinski definition) is 0. The summed E-state index contributed by atoms with van der Waals surface area (Å²) in [4.78, 5) is 18.0. The van der Waals surface area contributed by atoms with Crippen LogP contribution < -0.4 is 19.9 Å². The largest absolute Gasteiger partial charge is 0.497 e. The van der Waals surface area contributed by atoms with Gasteiger partial charge in [0, 0.05) is 17.0 Å². The Hall–Kier alpha value is -2.45. The van der Waals surface area contributed by atoms with E-state index < -0.39 is 0 Å². The molecular weight excluding hydrogens is 456 g/mol. The number of methoxy groups -OCH3 is 3. The molecule has 0 atom stereocenters. The highest BCUT2D eigenvalue weighted by Crippen LogP contribution is 2.43. The number of fused-ring (bicyclic) bond motifs is 3. The first kappa shape index (κ1) is 19.8. The highest BCUT2D eigenvalue weighted by atomic mass is 79.9. The van der Waals surface area contributed by atoms with Crippen LogP contribution in [0.4, 0.5) is 0 Å². The Morgan fingerprint density at radius 1 is 1.03 bits per heavy atom. The van der Waals surface area contributed by atoms with Crippen LogP contribution in [-0.2, 0) is 13.0 Å². The summed E-state index contributed by atoms with van der Waals surface area (Å²) < 4.78 is 18.6. The summed E-state index contributed by atoms with van der Waals surface area (Å²) in [5.41, 5.74) is 2.59. The smallest absolute Gasteiger partial charge is 0.349 e. The van der Waals surface area contributed by atoms with Gasteiger partial charge in [0.25, 0.3) is 0 Å². The molecule has 8 heteroatoms. The maximum atomic E-state index is 12.8. The van der Waals surface area contributed by atoms with Crippen LogP contribution in [0.25, 0.3) is 11.3 Å². The Bertz CT molecular complexity index is 1130. The third kappa shape index (κ3) is 3.62. The van der Waals surface area contributed by atoms with Crippen LogP contribution in [0.2, 0.25) is 0 Å². The normalized spacial score (nSPS) is 12.1. The van der Waals surface area contributed by atoms with Gasteiger partial charge in [-0.2, -0.15) is 4.98 Å². The molecule has 0 unspecified atom stereocenters. The van der Waals surface area contributed by atoms with Crippen LogP contribution in [0.5, 0.6) is 17.2 Å². The summed E-state index contributed by atoms with van der Waals surface area (Å²) in [6.45, 7) is 0.565. The van der Waals surface area contributed by atoms with Crippen molar-refractivity contribution in [2.24, 2.45) is 0 Å². The summed E-state index contributed by atoms with van der Waals surface area (Å²) >= 11 is 5.13. The third-order valence-corrected chi connectivity index (χ3v) is 6.85. The van der Waals surface area contributed by atoms with Crippen molar-refractivity contribution in [1.29, 1.82) is 0 Å². The lowest BCUT2D eigenvalue weighted by molar-refractivity contribution is 0.354. The first-order valence-corrected chi connectivity index (χ1v) is 10.5. The van der Waals surface area contributed by atoms with E-state index in [0.29, 0.717) is 23.1 Å². The maximum absolute atomic E-state index is 12.8. The molecule has 3 aromatic rings. The number of rotatable bonds is 5. The van der Waals surface area contributed by atoms with Crippen molar-refractivity contribution in [3.8, 4) is 28.5 Å². The Kier molecular flexibility index (Phi) is 5.56. The number of ether oxygens (including phenoxy) is 3. The second kappa shape index (κ2) is 8.12. The van der Waals surface area contributed by atoms with E-state index in [1.165, 1.54) is 11.8 Å². The fourth-order valence-electron chi connectivity index (χ4n) is 3.39. The molecule has 6 nitrogen and oxygen atoms in total. The van der Waals surface area contributed by atoms with Gasteiger partial charge >= 0.3 is 5.69 Å². The van der Waals surface area contributed by atoms with Gasteiger partial charge < -0.3 is 14.2 Å². The first-order valence-electron chi connectivity index (χ1n) is 8.93. The lowest BCUT2D eigenvalue weighted by Crippen LogP contribution is -2.29. The molecule has 1 aliphatic heterocycles. The van der Waals surface area contributed by atoms with Gasteiger partial charge in [-0.3, -0.25) is 4.57 Å². The van der Waals surface area contributed by atoms with Gasteiger partial charge in [-0.1, -0.05) is 11.8 Å². The predicted molar refractivity (Wildman–Crippen MR) is 116 cm³/mol. The van der Waals surface area contributed by atoms with Gasteiger partial charge in [-0.15, -0.1) is 0 Å². The van der Waals surface area contributed by atoms with E-state index in [0.717, 1.165) is 38.4 Å². The number of hydrogen-bond acceptors (Lipinski definition) is 6. The van der Waals surface area contributed by atoms with Gasteiger partial charge in [0.1, 0.15) is 10.8 Å². The van der Waals surface area contributed by atoms with Crippen molar-refractivity contribution in [3.63, 3.8) is 0 Å². The second-order valence-corrected chi connectivity index (χ2v) is 8.26. The molecule has 0 amide bonds. The van der Waals surface area contributed by atoms with E-state index in [9.17, 15) is 4.79 Å². The topological polar surface area (TPSA) is 62.6 Å². The Labute approximate surface area is 181 Å². The monoisotopic (exact) mass is 474 g/mol. The highest BCUT2D eigenvalue weighted by Gasteiger charge is 2.25. The summed E-state index contributed by atoms with van der Waals surface area (Å²) in [6.07, 6.45) is 0.724. The number of aromatic nitrogens is 2. The molecule has 0 bridgehead atoms. The molecule has 0 radical (unpaired) electrons. The summed E-state index contributed by atoms with van der Waals surface area (Å²) in [5, 5.41) is 0.619. The number of nitrogens with zero attached hydrogens (tertiary/aromatic N) is 2. The zero-order valence-corrected chi connectivity index (χ0v) is 18.6. The molecule has 0 aliphatic carbocycles. The summed E-state index contributed by atoms with van der Waals surface area (Å²) in [7, 11) is 4.85. The number of halogens is 1. The highest BCUT2D eigenvalue weighted by molar-refractivity contribution is 9.10. The molecule has 29 heavy (non-hydrogen) atoms. The molecule has 1 aromatic heterocycles. The van der Waals surface area contributed by atoms with Crippen molar-refractivity contribution >= 4 is 27.7 Å². The van der Waals surface area contributed by atoms with Gasteiger partial charge in [-0.25, -0.2) is 4.79 Å². The second-order valence-electron chi connectivity index (χ2n) is 6.41. The average molecular weight is 475 g/mol. The Balaban J connectivity index is 1.83. The van der Waals surface area contributed by atoms with Crippen LogP contribution >= 0.6 is 27.7 Å². The van der Waals surface area contributed by atoms with Crippen molar-refractivity contribution < 1.29 is 14.2 Å². The van der Waals surface area contributed by atoms with E-state index in [1.807, 2.05) is 36.4 Å². The molecule has 0 saturated heterocycles. The lowest BCUT2D eigenvalue weighted by atomic mass is 9.97. The van der Waals surface area contributed by atoms with Crippen LogP contribution in [0.3, 0.4) is 0 Å². The van der Waals surface area contributed by atoms with Gasteiger partial charge in [0.05, 0.1) is 31.5 Å². The minimum atomic E-state index is -0.264. The molecule has 1 aliphatic rings. The van der Waals surface area contributed by atoms with Crippen molar-refractivity contribution in [1.82, 2.24) is 9.55 Å². The number of benzene rings is 2. The zero-order valence-electron chi connectivity index (χ0n) is 16.2. The molecule has 0 fully saturated rings. The minimum absolute atomic E-state index is 0.264. The molecule has 2 heterocycles. The molecule has 0 N–H and O–H groups in total. The Morgan fingerprint density at radius 2 is 1.72 bits per heavy atom. The fourth-order valence-corrected chi connectivity index (χ4v) is 4.95. The van der Waals surface area contributed by atoms with Gasteiger partial charge in [-0.05, 0) is 64.3 Å². The fraction of sp³-hybridized carbons (Fsp3) is 0.238. The minimum Gasteiger partial charge on any atom is -0.497 e. The van der Waals surface area contributed by atoms with Crippen LogP contribution in [0.1, 0.15) is 5.56 Å².